The van der Waals surface area contributed by atoms with Gasteiger partial charge in [-0.15, -0.1) is 0 Å². The second kappa shape index (κ2) is 19.8. The molecule has 2 aliphatic rings. The molecule has 0 amide bonds. The van der Waals surface area contributed by atoms with E-state index in [1.165, 1.54) is 60.9 Å². The zero-order chi connectivity index (χ0) is 57.8. The Morgan fingerprint density at radius 3 is 1.16 bits per heavy atom. The molecule has 2 aliphatic heterocycles. The molecule has 0 bridgehead atoms. The maximum absolute atomic E-state index is 7.01. The van der Waals surface area contributed by atoms with Gasteiger partial charge >= 0.3 is 0 Å². The molecule has 0 aliphatic carbocycles. The topological polar surface area (TPSA) is 32.5 Å². The van der Waals surface area contributed by atoms with Crippen molar-refractivity contribution in [2.24, 2.45) is 0 Å². The van der Waals surface area contributed by atoms with Gasteiger partial charge in [0.2, 0.25) is 5.89 Å². The van der Waals surface area contributed by atoms with Crippen molar-refractivity contribution < 1.29 is 4.42 Å². The number of aromatic nitrogens is 1. The first-order valence-electron chi connectivity index (χ1n) is 29.6. The smallest absolute Gasteiger partial charge is 0.252 e. The summed E-state index contributed by atoms with van der Waals surface area (Å²) in [5.74, 6) is 0.598. The Balaban J connectivity index is 1.12. The predicted molar refractivity (Wildman–Crippen MR) is 352 cm³/mol. The van der Waals surface area contributed by atoms with Crippen LogP contribution >= 0.6 is 0 Å². The van der Waals surface area contributed by atoms with Crippen LogP contribution in [0.3, 0.4) is 0 Å². The summed E-state index contributed by atoms with van der Waals surface area (Å²) in [6.45, 7) is 27.4. The minimum atomic E-state index is -0.750. The SMILES string of the molecule is CC(C)(C)c1ccc(-c2ccc(-c3nc4cc5c(cc4o3)N(c3ccc(C(C)(C)C)cc3)c3cc(C(c4ccccc4)(c4ccccc4)c4ccccc4)cc4c3B5c3cc(C(C)(C)C)ccc3N4c3ccc(C(C)(C)C)cc3)cc2)cc1. The van der Waals surface area contributed by atoms with Gasteiger partial charge in [0.25, 0.3) is 6.71 Å². The Hall–Kier alpha value is -8.67. The lowest BCUT2D eigenvalue weighted by molar-refractivity contribution is 0.590. The van der Waals surface area contributed by atoms with Crippen LogP contribution in [0.25, 0.3) is 33.7 Å². The summed E-state index contributed by atoms with van der Waals surface area (Å²) in [5.41, 5.74) is 24.3. The van der Waals surface area contributed by atoms with Gasteiger partial charge in [0.15, 0.2) is 5.58 Å². The van der Waals surface area contributed by atoms with Crippen LogP contribution < -0.4 is 26.2 Å². The molecule has 11 aromatic rings. The molecular weight excluding hydrogens is 1010 g/mol. The van der Waals surface area contributed by atoms with Crippen molar-refractivity contribution in [3.8, 4) is 22.6 Å². The Morgan fingerprint density at radius 1 is 0.325 bits per heavy atom. The van der Waals surface area contributed by atoms with E-state index in [1.54, 1.807) is 0 Å². The molecule has 0 N–H and O–H groups in total. The average Bonchev–Trinajstić information content (AvgIpc) is 2.48. The summed E-state index contributed by atoms with van der Waals surface area (Å²) in [7, 11) is 0. The van der Waals surface area contributed by atoms with E-state index >= 15 is 0 Å². The highest BCUT2D eigenvalue weighted by molar-refractivity contribution is 7.00. The maximum Gasteiger partial charge on any atom is 0.252 e. The third-order valence-corrected chi connectivity index (χ3v) is 17.7. The number of oxazole rings is 1. The summed E-state index contributed by atoms with van der Waals surface area (Å²) in [4.78, 5) is 10.5. The minimum Gasteiger partial charge on any atom is -0.436 e. The van der Waals surface area contributed by atoms with Gasteiger partial charge in [-0.25, -0.2) is 4.98 Å². The van der Waals surface area contributed by atoms with Crippen molar-refractivity contribution in [2.45, 2.75) is 110 Å². The second-order valence-electron chi connectivity index (χ2n) is 27.3. The molecule has 10 aromatic carbocycles. The number of hydrogen-bond donors (Lipinski definition) is 0. The third kappa shape index (κ3) is 9.30. The van der Waals surface area contributed by atoms with E-state index in [4.69, 9.17) is 9.40 Å². The van der Waals surface area contributed by atoms with E-state index in [0.717, 1.165) is 61.9 Å². The summed E-state index contributed by atoms with van der Waals surface area (Å²) in [6.07, 6.45) is 0. The fraction of sp³-hybridized carbons (Fsp3) is 0.218. The highest BCUT2D eigenvalue weighted by Crippen LogP contribution is 2.52. The minimum absolute atomic E-state index is 0.0216. The average molecular weight is 1080 g/mol. The van der Waals surface area contributed by atoms with E-state index < -0.39 is 5.41 Å². The Morgan fingerprint density at radius 2 is 0.711 bits per heavy atom. The molecule has 0 saturated heterocycles. The van der Waals surface area contributed by atoms with Gasteiger partial charge in [-0.2, -0.15) is 0 Å². The summed E-state index contributed by atoms with van der Waals surface area (Å²) in [5, 5.41) is 0. The molecular formula is C78H74BN3O. The molecule has 4 nitrogen and oxygen atoms in total. The standard InChI is InChI=1S/C78H74BN3O/c1-74(2,3)54-34-32-52(33-35-54)51-28-30-53(31-29-51)73-80-66-49-65-68(50-71(66)83-73)82(63-43-38-56(39-44-63)76(7,8)9)70-48-61(78(57-22-16-13-17-23-57,58-24-18-14-19-25-58)59-26-20-15-21-27-59)47-69-72(70)79(65)64-46-60(77(10,11)12)40-45-67(64)81(69)62-41-36-55(37-42-62)75(4,5)6/h13-50H,1-12H3. The van der Waals surface area contributed by atoms with Gasteiger partial charge in [-0.3, -0.25) is 0 Å². The molecule has 410 valence electrons. The predicted octanol–water partition coefficient (Wildman–Crippen LogP) is 18.8. The molecule has 5 heteroatoms. The molecule has 0 radical (unpaired) electrons. The number of anilines is 6. The molecule has 0 atom stereocenters. The van der Waals surface area contributed by atoms with Gasteiger partial charge in [-0.1, -0.05) is 247 Å². The Kier molecular flexibility index (Phi) is 12.8. The number of fused-ring (bicyclic) bond motifs is 5. The van der Waals surface area contributed by atoms with Crippen molar-refractivity contribution in [3.05, 3.63) is 275 Å². The number of nitrogens with zero attached hydrogens (tertiary/aromatic N) is 3. The quantitative estimate of drug-likeness (QED) is 0.112. The van der Waals surface area contributed by atoms with Crippen LogP contribution in [0.5, 0.6) is 0 Å². The first-order valence-corrected chi connectivity index (χ1v) is 29.6. The van der Waals surface area contributed by atoms with Crippen LogP contribution in [0, 0.1) is 0 Å². The summed E-state index contributed by atoms with van der Waals surface area (Å²) < 4.78 is 7.01. The van der Waals surface area contributed by atoms with Crippen LogP contribution in [-0.4, -0.2) is 11.7 Å². The van der Waals surface area contributed by atoms with Crippen LogP contribution in [0.4, 0.5) is 34.1 Å². The van der Waals surface area contributed by atoms with E-state index in [1.807, 2.05) is 0 Å². The van der Waals surface area contributed by atoms with Gasteiger partial charge < -0.3 is 14.2 Å². The van der Waals surface area contributed by atoms with Gasteiger partial charge in [0.05, 0.1) is 5.41 Å². The lowest BCUT2D eigenvalue weighted by Gasteiger charge is -2.46. The van der Waals surface area contributed by atoms with Gasteiger partial charge in [0, 0.05) is 45.8 Å². The molecule has 0 fully saturated rings. The van der Waals surface area contributed by atoms with Crippen molar-refractivity contribution in [1.29, 1.82) is 0 Å². The zero-order valence-corrected chi connectivity index (χ0v) is 50.3. The van der Waals surface area contributed by atoms with E-state index in [0.29, 0.717) is 5.89 Å². The second-order valence-corrected chi connectivity index (χ2v) is 27.3. The molecule has 3 heterocycles. The fourth-order valence-corrected chi connectivity index (χ4v) is 13.0. The maximum atomic E-state index is 7.01. The number of rotatable bonds is 8. The van der Waals surface area contributed by atoms with Crippen molar-refractivity contribution in [1.82, 2.24) is 4.98 Å². The van der Waals surface area contributed by atoms with E-state index in [2.05, 4.69) is 323 Å². The number of benzene rings is 10. The fourth-order valence-electron chi connectivity index (χ4n) is 13.0. The van der Waals surface area contributed by atoms with E-state index in [-0.39, 0.29) is 28.4 Å². The number of hydrogen-bond acceptors (Lipinski definition) is 4. The van der Waals surface area contributed by atoms with Gasteiger partial charge in [0.1, 0.15) is 5.52 Å². The van der Waals surface area contributed by atoms with Gasteiger partial charge in [-0.05, 0) is 154 Å². The molecule has 1 aromatic heterocycles. The lowest BCUT2D eigenvalue weighted by Crippen LogP contribution is -2.61. The van der Waals surface area contributed by atoms with Crippen molar-refractivity contribution in [3.63, 3.8) is 0 Å². The Labute approximate surface area is 492 Å². The van der Waals surface area contributed by atoms with Crippen LogP contribution in [0.1, 0.15) is 128 Å². The first kappa shape index (κ1) is 53.6. The van der Waals surface area contributed by atoms with Crippen molar-refractivity contribution >= 4 is 68.3 Å². The zero-order valence-electron chi connectivity index (χ0n) is 50.3. The third-order valence-electron chi connectivity index (χ3n) is 17.7. The van der Waals surface area contributed by atoms with Crippen molar-refractivity contribution in [2.75, 3.05) is 9.80 Å². The first-order chi connectivity index (χ1) is 39.7. The molecule has 0 saturated carbocycles. The van der Waals surface area contributed by atoms with Crippen LogP contribution in [0.2, 0.25) is 0 Å². The lowest BCUT2D eigenvalue weighted by atomic mass is 9.33. The summed E-state index contributed by atoms with van der Waals surface area (Å²) in [6, 6.07) is 86.7. The monoisotopic (exact) mass is 1080 g/mol. The molecule has 0 spiro atoms. The van der Waals surface area contributed by atoms with E-state index in [9.17, 15) is 0 Å². The summed E-state index contributed by atoms with van der Waals surface area (Å²) >= 11 is 0. The normalized spacial score (nSPS) is 13.5. The highest BCUT2D eigenvalue weighted by atomic mass is 16.3. The molecule has 13 rings (SSSR count). The Bertz CT molecular complexity index is 4100. The molecule has 83 heavy (non-hydrogen) atoms. The van der Waals surface area contributed by atoms with Crippen LogP contribution in [-0.2, 0) is 27.1 Å². The molecule has 0 unspecified atom stereocenters. The highest BCUT2D eigenvalue weighted by Gasteiger charge is 2.47. The van der Waals surface area contributed by atoms with Crippen LogP contribution in [0.15, 0.2) is 235 Å². The largest absolute Gasteiger partial charge is 0.436 e.